The molecule has 0 bridgehead atoms. The Morgan fingerprint density at radius 3 is 2.81 bits per heavy atom. The van der Waals surface area contributed by atoms with Gasteiger partial charge in [-0.3, -0.25) is 0 Å². The Morgan fingerprint density at radius 1 is 1.52 bits per heavy atom. The van der Waals surface area contributed by atoms with Gasteiger partial charge in [0.1, 0.15) is 11.4 Å². The maximum Gasteiger partial charge on any atom is 0.410 e. The maximum atomic E-state index is 13.2. The van der Waals surface area contributed by atoms with Gasteiger partial charge in [-0.2, -0.15) is 18.3 Å². The van der Waals surface area contributed by atoms with E-state index in [-0.39, 0.29) is 36.4 Å². The highest BCUT2D eigenvalue weighted by Gasteiger charge is 2.49. The number of aromatic nitrogens is 2. The maximum absolute atomic E-state index is 13.2. The number of anilines is 1. The third-order valence-electron chi connectivity index (χ3n) is 3.95. The Kier molecular flexibility index (Phi) is 3.33. The number of esters is 1. The summed E-state index contributed by atoms with van der Waals surface area (Å²) in [5.41, 5.74) is 0.0662. The van der Waals surface area contributed by atoms with Crippen molar-refractivity contribution in [3.63, 3.8) is 0 Å². The summed E-state index contributed by atoms with van der Waals surface area (Å²) >= 11 is 0. The van der Waals surface area contributed by atoms with E-state index >= 15 is 0 Å². The van der Waals surface area contributed by atoms with Crippen molar-refractivity contribution in [3.8, 4) is 0 Å². The molecule has 8 heteroatoms. The number of alkyl halides is 3. The van der Waals surface area contributed by atoms with Crippen LogP contribution in [0.3, 0.4) is 0 Å². The highest BCUT2D eigenvalue weighted by atomic mass is 19.4. The molecule has 0 radical (unpaired) electrons. The summed E-state index contributed by atoms with van der Waals surface area (Å²) in [7, 11) is 0. The number of halogens is 3. The van der Waals surface area contributed by atoms with Crippen LogP contribution in [0.1, 0.15) is 42.6 Å². The lowest BCUT2D eigenvalue weighted by atomic mass is 9.99. The smallest absolute Gasteiger partial charge is 0.410 e. The van der Waals surface area contributed by atoms with Gasteiger partial charge in [0, 0.05) is 6.04 Å². The van der Waals surface area contributed by atoms with E-state index < -0.39 is 18.2 Å². The van der Waals surface area contributed by atoms with Gasteiger partial charge in [-0.25, -0.2) is 9.48 Å². The van der Waals surface area contributed by atoms with Gasteiger partial charge >= 0.3 is 12.1 Å². The molecule has 2 atom stereocenters. The lowest BCUT2D eigenvalue weighted by Gasteiger charge is -2.33. The van der Waals surface area contributed by atoms with Gasteiger partial charge in [-0.15, -0.1) is 0 Å². The summed E-state index contributed by atoms with van der Waals surface area (Å²) < 4.78 is 45.4. The molecule has 1 fully saturated rings. The zero-order valence-corrected chi connectivity index (χ0v) is 11.5. The van der Waals surface area contributed by atoms with E-state index in [0.29, 0.717) is 0 Å². The molecule has 2 heterocycles. The summed E-state index contributed by atoms with van der Waals surface area (Å²) in [4.78, 5) is 11.8. The summed E-state index contributed by atoms with van der Waals surface area (Å²) in [6, 6.07) is -1.96. The predicted octanol–water partition coefficient (Wildman–Crippen LogP) is 2.76. The Bertz CT molecular complexity index is 551. The third kappa shape index (κ3) is 2.58. The lowest BCUT2D eigenvalue weighted by molar-refractivity contribution is -0.174. The van der Waals surface area contributed by atoms with Gasteiger partial charge in [-0.1, -0.05) is 0 Å². The lowest BCUT2D eigenvalue weighted by Crippen LogP contribution is -2.40. The second-order valence-corrected chi connectivity index (χ2v) is 5.45. The molecule has 0 aromatic carbocycles. The van der Waals surface area contributed by atoms with Crippen molar-refractivity contribution in [2.75, 3.05) is 11.9 Å². The predicted molar refractivity (Wildman–Crippen MR) is 68.0 cm³/mol. The number of carbonyl (C=O) groups excluding carboxylic acids is 1. The number of fused-ring (bicyclic) bond motifs is 1. The van der Waals surface area contributed by atoms with Crippen molar-refractivity contribution in [2.45, 2.75) is 44.4 Å². The Labute approximate surface area is 119 Å². The standard InChI is InChI=1S/C13H16F3N3O2/c1-2-21-12(20)8-6-17-19-10(13(14,15)16)5-9(7-3-4-7)18-11(8)19/h6-7,9-10,18H,2-5H2,1H3/t9-,10-/m0/s1. The number of carbonyl (C=O) groups is 1. The number of hydrogen-bond donors (Lipinski definition) is 1. The van der Waals surface area contributed by atoms with Crippen LogP contribution in [0.5, 0.6) is 0 Å². The van der Waals surface area contributed by atoms with Crippen LogP contribution >= 0.6 is 0 Å². The molecule has 0 unspecified atom stereocenters. The molecule has 0 amide bonds. The van der Waals surface area contributed by atoms with Crippen LogP contribution in [0.15, 0.2) is 6.20 Å². The highest BCUT2D eigenvalue weighted by molar-refractivity contribution is 5.94. The van der Waals surface area contributed by atoms with E-state index in [4.69, 9.17) is 4.74 Å². The summed E-state index contributed by atoms with van der Waals surface area (Å²) in [6.45, 7) is 1.81. The van der Waals surface area contributed by atoms with Crippen LogP contribution in [-0.2, 0) is 4.74 Å². The van der Waals surface area contributed by atoms with Crippen molar-refractivity contribution < 1.29 is 22.7 Å². The van der Waals surface area contributed by atoms with Crippen LogP contribution in [0.4, 0.5) is 19.0 Å². The molecule has 5 nitrogen and oxygen atoms in total. The second kappa shape index (κ2) is 4.92. The molecule has 1 aliphatic carbocycles. The zero-order chi connectivity index (χ0) is 15.2. The molecule has 116 valence electrons. The van der Waals surface area contributed by atoms with Crippen molar-refractivity contribution in [3.05, 3.63) is 11.8 Å². The Hall–Kier alpha value is -1.73. The molecule has 1 aromatic rings. The quantitative estimate of drug-likeness (QED) is 0.872. The number of rotatable bonds is 3. The van der Waals surface area contributed by atoms with Crippen molar-refractivity contribution in [1.29, 1.82) is 0 Å². The van der Waals surface area contributed by atoms with Gasteiger partial charge in [-0.05, 0) is 32.1 Å². The van der Waals surface area contributed by atoms with E-state index in [1.54, 1.807) is 6.92 Å². The largest absolute Gasteiger partial charge is 0.462 e. The Balaban J connectivity index is 1.97. The average Bonchev–Trinajstić information content (AvgIpc) is 3.16. The van der Waals surface area contributed by atoms with Gasteiger partial charge in [0.05, 0.1) is 12.8 Å². The monoisotopic (exact) mass is 303 g/mol. The first-order valence-corrected chi connectivity index (χ1v) is 6.99. The molecule has 1 aliphatic heterocycles. The minimum atomic E-state index is -4.39. The van der Waals surface area contributed by atoms with Crippen LogP contribution < -0.4 is 5.32 Å². The SMILES string of the molecule is CCOC(=O)c1cnn2c1N[C@H](C1CC1)C[C@H]2C(F)(F)F. The molecule has 2 aliphatic rings. The first-order chi connectivity index (χ1) is 9.91. The summed E-state index contributed by atoms with van der Waals surface area (Å²) in [5, 5.41) is 6.80. The minimum Gasteiger partial charge on any atom is -0.462 e. The first-order valence-electron chi connectivity index (χ1n) is 6.99. The van der Waals surface area contributed by atoms with Crippen molar-refractivity contribution in [2.24, 2.45) is 5.92 Å². The van der Waals surface area contributed by atoms with E-state index in [0.717, 1.165) is 23.7 Å². The first kappa shape index (κ1) is 14.2. The van der Waals surface area contributed by atoms with Gasteiger partial charge in [0.25, 0.3) is 0 Å². The van der Waals surface area contributed by atoms with Crippen LogP contribution in [0.25, 0.3) is 0 Å². The fraction of sp³-hybridized carbons (Fsp3) is 0.692. The van der Waals surface area contributed by atoms with E-state index in [9.17, 15) is 18.0 Å². The average molecular weight is 303 g/mol. The topological polar surface area (TPSA) is 56.1 Å². The summed E-state index contributed by atoms with van der Waals surface area (Å²) in [6.07, 6.45) is -1.45. The third-order valence-corrected chi connectivity index (χ3v) is 3.95. The van der Waals surface area contributed by atoms with Gasteiger partial charge in [0.15, 0.2) is 6.04 Å². The molecular weight excluding hydrogens is 287 g/mol. The molecule has 0 spiro atoms. The van der Waals surface area contributed by atoms with Crippen LogP contribution in [-0.4, -0.2) is 34.6 Å². The van der Waals surface area contributed by atoms with Gasteiger partial charge in [0.2, 0.25) is 0 Å². The van der Waals surface area contributed by atoms with Crippen molar-refractivity contribution in [1.82, 2.24) is 9.78 Å². The van der Waals surface area contributed by atoms with E-state index in [1.165, 1.54) is 0 Å². The normalized spacial score (nSPS) is 25.1. The molecule has 21 heavy (non-hydrogen) atoms. The highest BCUT2D eigenvalue weighted by Crippen LogP contribution is 2.46. The summed E-state index contributed by atoms with van der Waals surface area (Å²) in [5.74, 6) is -0.281. The molecule has 1 saturated carbocycles. The molecular formula is C13H16F3N3O2. The number of ether oxygens (including phenoxy) is 1. The van der Waals surface area contributed by atoms with Crippen molar-refractivity contribution >= 4 is 11.8 Å². The number of hydrogen-bond acceptors (Lipinski definition) is 4. The number of nitrogens with zero attached hydrogens (tertiary/aromatic N) is 2. The zero-order valence-electron chi connectivity index (χ0n) is 11.5. The molecule has 1 N–H and O–H groups in total. The minimum absolute atomic E-state index is 0.0505. The molecule has 1 aromatic heterocycles. The molecule has 3 rings (SSSR count). The van der Waals surface area contributed by atoms with Crippen LogP contribution in [0.2, 0.25) is 0 Å². The fourth-order valence-corrected chi connectivity index (χ4v) is 2.76. The number of nitrogens with one attached hydrogen (secondary N) is 1. The molecule has 0 saturated heterocycles. The fourth-order valence-electron chi connectivity index (χ4n) is 2.76. The van der Waals surface area contributed by atoms with Crippen LogP contribution in [0, 0.1) is 5.92 Å². The Morgan fingerprint density at radius 2 is 2.24 bits per heavy atom. The van der Waals surface area contributed by atoms with Gasteiger partial charge < -0.3 is 10.1 Å². The van der Waals surface area contributed by atoms with E-state index in [2.05, 4.69) is 10.4 Å². The second-order valence-electron chi connectivity index (χ2n) is 5.45. The van der Waals surface area contributed by atoms with E-state index in [1.807, 2.05) is 0 Å².